The molecule has 1 aromatic heterocycles. The topological polar surface area (TPSA) is 27.1 Å². The standard InChI is InChI=1S/C19H18N2O/c1-22-16-11-9-14(10-12-16)18-19(15-6-3-2-4-7-15)21-13-5-8-17(21)20-18/h2-4,6-7,9-12H,5,8,13H2,1H3. The number of imidazole rings is 1. The van der Waals surface area contributed by atoms with Crippen LogP contribution in [0.25, 0.3) is 22.5 Å². The van der Waals surface area contributed by atoms with E-state index in [9.17, 15) is 0 Å². The number of aromatic nitrogens is 2. The van der Waals surface area contributed by atoms with Crippen LogP contribution in [-0.2, 0) is 13.0 Å². The van der Waals surface area contributed by atoms with Crippen LogP contribution in [0.1, 0.15) is 12.2 Å². The fourth-order valence-corrected chi connectivity index (χ4v) is 3.16. The number of ether oxygens (including phenoxy) is 1. The fourth-order valence-electron chi connectivity index (χ4n) is 3.16. The monoisotopic (exact) mass is 290 g/mol. The van der Waals surface area contributed by atoms with Crippen molar-refractivity contribution in [1.82, 2.24) is 9.55 Å². The van der Waals surface area contributed by atoms with Gasteiger partial charge in [-0.05, 0) is 30.7 Å². The van der Waals surface area contributed by atoms with Crippen molar-refractivity contribution in [1.29, 1.82) is 0 Å². The molecule has 0 radical (unpaired) electrons. The van der Waals surface area contributed by atoms with Gasteiger partial charge in [-0.15, -0.1) is 0 Å². The molecule has 22 heavy (non-hydrogen) atoms. The largest absolute Gasteiger partial charge is 0.497 e. The highest BCUT2D eigenvalue weighted by Gasteiger charge is 2.22. The molecule has 2 heterocycles. The zero-order valence-electron chi connectivity index (χ0n) is 12.6. The third kappa shape index (κ3) is 2.10. The number of benzene rings is 2. The van der Waals surface area contributed by atoms with E-state index in [2.05, 4.69) is 47.0 Å². The number of hydrogen-bond acceptors (Lipinski definition) is 2. The lowest BCUT2D eigenvalue weighted by Crippen LogP contribution is -1.96. The normalized spacial score (nSPS) is 13.1. The molecule has 0 saturated heterocycles. The maximum absolute atomic E-state index is 5.26. The summed E-state index contributed by atoms with van der Waals surface area (Å²) >= 11 is 0. The van der Waals surface area contributed by atoms with Gasteiger partial charge < -0.3 is 9.30 Å². The van der Waals surface area contributed by atoms with Crippen LogP contribution in [-0.4, -0.2) is 16.7 Å². The summed E-state index contributed by atoms with van der Waals surface area (Å²) in [4.78, 5) is 4.91. The SMILES string of the molecule is COc1ccc(-c2nc3n(c2-c2ccccc2)CCC3)cc1. The van der Waals surface area contributed by atoms with Gasteiger partial charge in [0.05, 0.1) is 18.5 Å². The molecule has 3 aromatic rings. The Morgan fingerprint density at radius 1 is 0.955 bits per heavy atom. The number of hydrogen-bond donors (Lipinski definition) is 0. The predicted octanol–water partition coefficient (Wildman–Crippen LogP) is 4.17. The molecule has 0 fully saturated rings. The number of aryl methyl sites for hydroxylation is 1. The van der Waals surface area contributed by atoms with Crippen molar-refractivity contribution in [3.8, 4) is 28.3 Å². The van der Waals surface area contributed by atoms with Crippen molar-refractivity contribution < 1.29 is 4.74 Å². The van der Waals surface area contributed by atoms with Crippen molar-refractivity contribution in [2.75, 3.05) is 7.11 Å². The van der Waals surface area contributed by atoms with Crippen LogP contribution in [0.3, 0.4) is 0 Å². The van der Waals surface area contributed by atoms with Gasteiger partial charge in [-0.2, -0.15) is 0 Å². The summed E-state index contributed by atoms with van der Waals surface area (Å²) < 4.78 is 7.63. The average molecular weight is 290 g/mol. The van der Waals surface area contributed by atoms with Crippen molar-refractivity contribution in [2.24, 2.45) is 0 Å². The highest BCUT2D eigenvalue weighted by molar-refractivity contribution is 5.79. The van der Waals surface area contributed by atoms with E-state index >= 15 is 0 Å². The summed E-state index contributed by atoms with van der Waals surface area (Å²) in [5.74, 6) is 2.07. The quantitative estimate of drug-likeness (QED) is 0.724. The first-order valence-corrected chi connectivity index (χ1v) is 7.66. The molecule has 0 amide bonds. The zero-order valence-corrected chi connectivity index (χ0v) is 12.6. The molecular weight excluding hydrogens is 272 g/mol. The number of rotatable bonds is 3. The molecule has 0 saturated carbocycles. The van der Waals surface area contributed by atoms with E-state index in [1.165, 1.54) is 23.5 Å². The average Bonchev–Trinajstić information content (AvgIpc) is 3.16. The number of nitrogens with zero attached hydrogens (tertiary/aromatic N) is 2. The summed E-state index contributed by atoms with van der Waals surface area (Å²) in [5, 5.41) is 0. The molecule has 0 bridgehead atoms. The Balaban J connectivity index is 1.89. The Labute approximate surface area is 130 Å². The Hall–Kier alpha value is -2.55. The van der Waals surface area contributed by atoms with Gasteiger partial charge in [0.15, 0.2) is 0 Å². The smallest absolute Gasteiger partial charge is 0.118 e. The number of methoxy groups -OCH3 is 1. The van der Waals surface area contributed by atoms with Crippen molar-refractivity contribution >= 4 is 0 Å². The lowest BCUT2D eigenvalue weighted by Gasteiger charge is -2.09. The van der Waals surface area contributed by atoms with Gasteiger partial charge in [0.1, 0.15) is 11.6 Å². The third-order valence-electron chi connectivity index (χ3n) is 4.24. The van der Waals surface area contributed by atoms with Gasteiger partial charge in [0.25, 0.3) is 0 Å². The van der Waals surface area contributed by atoms with Gasteiger partial charge in [-0.3, -0.25) is 0 Å². The summed E-state index contributed by atoms with van der Waals surface area (Å²) in [6.07, 6.45) is 2.25. The molecule has 3 heteroatoms. The maximum Gasteiger partial charge on any atom is 0.118 e. The van der Waals surface area contributed by atoms with E-state index in [1.807, 2.05) is 12.1 Å². The Morgan fingerprint density at radius 3 is 2.45 bits per heavy atom. The van der Waals surface area contributed by atoms with E-state index in [-0.39, 0.29) is 0 Å². The van der Waals surface area contributed by atoms with Gasteiger partial charge in [-0.25, -0.2) is 4.98 Å². The molecule has 0 spiro atoms. The molecule has 1 aliphatic rings. The molecule has 4 rings (SSSR count). The van der Waals surface area contributed by atoms with E-state index in [1.54, 1.807) is 7.11 Å². The highest BCUT2D eigenvalue weighted by atomic mass is 16.5. The maximum atomic E-state index is 5.26. The molecule has 0 aliphatic carbocycles. The molecule has 0 unspecified atom stereocenters. The first-order chi connectivity index (χ1) is 10.9. The second kappa shape index (κ2) is 5.34. The fraction of sp³-hybridized carbons (Fsp3) is 0.211. The van der Waals surface area contributed by atoms with Crippen LogP contribution in [0.15, 0.2) is 54.6 Å². The van der Waals surface area contributed by atoms with E-state index in [0.29, 0.717) is 0 Å². The lowest BCUT2D eigenvalue weighted by atomic mass is 10.0. The zero-order chi connectivity index (χ0) is 14.9. The first-order valence-electron chi connectivity index (χ1n) is 7.66. The summed E-state index contributed by atoms with van der Waals surface area (Å²) in [6.45, 7) is 1.06. The minimum atomic E-state index is 0.872. The van der Waals surface area contributed by atoms with Gasteiger partial charge in [0.2, 0.25) is 0 Å². The minimum Gasteiger partial charge on any atom is -0.497 e. The van der Waals surface area contributed by atoms with Crippen LogP contribution in [0.2, 0.25) is 0 Å². The molecule has 110 valence electrons. The van der Waals surface area contributed by atoms with Gasteiger partial charge in [-0.1, -0.05) is 30.3 Å². The predicted molar refractivity (Wildman–Crippen MR) is 88.0 cm³/mol. The van der Waals surface area contributed by atoms with E-state index in [0.717, 1.165) is 30.0 Å². The second-order valence-electron chi connectivity index (χ2n) is 5.57. The van der Waals surface area contributed by atoms with Crippen molar-refractivity contribution in [3.63, 3.8) is 0 Å². The van der Waals surface area contributed by atoms with Crippen LogP contribution in [0.5, 0.6) is 5.75 Å². The van der Waals surface area contributed by atoms with Gasteiger partial charge >= 0.3 is 0 Å². The van der Waals surface area contributed by atoms with E-state index < -0.39 is 0 Å². The molecule has 0 N–H and O–H groups in total. The number of fused-ring (bicyclic) bond motifs is 1. The summed E-state index contributed by atoms with van der Waals surface area (Å²) in [7, 11) is 1.69. The summed E-state index contributed by atoms with van der Waals surface area (Å²) in [5.41, 5.74) is 4.68. The molecule has 1 aliphatic heterocycles. The van der Waals surface area contributed by atoms with Crippen LogP contribution in [0.4, 0.5) is 0 Å². The van der Waals surface area contributed by atoms with Crippen LogP contribution >= 0.6 is 0 Å². The molecule has 2 aromatic carbocycles. The first kappa shape index (κ1) is 13.1. The lowest BCUT2D eigenvalue weighted by molar-refractivity contribution is 0.415. The van der Waals surface area contributed by atoms with Crippen LogP contribution < -0.4 is 4.74 Å². The Morgan fingerprint density at radius 2 is 1.73 bits per heavy atom. The third-order valence-corrected chi connectivity index (χ3v) is 4.24. The second-order valence-corrected chi connectivity index (χ2v) is 5.57. The Bertz CT molecular complexity index is 788. The van der Waals surface area contributed by atoms with Crippen molar-refractivity contribution in [2.45, 2.75) is 19.4 Å². The molecular formula is C19H18N2O. The van der Waals surface area contributed by atoms with Crippen LogP contribution in [0, 0.1) is 0 Å². The molecule has 3 nitrogen and oxygen atoms in total. The van der Waals surface area contributed by atoms with Gasteiger partial charge in [0, 0.05) is 24.1 Å². The van der Waals surface area contributed by atoms with E-state index in [4.69, 9.17) is 9.72 Å². The minimum absolute atomic E-state index is 0.872. The molecule has 0 atom stereocenters. The van der Waals surface area contributed by atoms with Crippen molar-refractivity contribution in [3.05, 3.63) is 60.4 Å². The highest BCUT2D eigenvalue weighted by Crippen LogP contribution is 2.35. The Kier molecular flexibility index (Phi) is 3.19. The summed E-state index contributed by atoms with van der Waals surface area (Å²) in [6, 6.07) is 18.7.